The van der Waals surface area contributed by atoms with E-state index < -0.39 is 0 Å². The van der Waals surface area contributed by atoms with Crippen molar-refractivity contribution in [2.45, 2.75) is 32.1 Å². The molecule has 1 aliphatic rings. The Bertz CT molecular complexity index is 472. The van der Waals surface area contributed by atoms with E-state index in [9.17, 15) is 9.59 Å². The highest BCUT2D eigenvalue weighted by atomic mass is 16.2. The Hall–Kier alpha value is -2.12. The van der Waals surface area contributed by atoms with Crippen LogP contribution in [0.2, 0.25) is 0 Å². The van der Waals surface area contributed by atoms with Crippen molar-refractivity contribution >= 4 is 17.8 Å². The average molecular weight is 280 g/mol. The molecule has 2 rings (SSSR count). The normalized spacial score (nSPS) is 14.8. The number of amides is 2. The van der Waals surface area contributed by atoms with E-state index in [0.717, 1.165) is 13.0 Å². The van der Waals surface area contributed by atoms with Gasteiger partial charge in [-0.1, -0.05) is 0 Å². The summed E-state index contributed by atoms with van der Waals surface area (Å²) in [6.07, 6.45) is 3.29. The molecule has 20 heavy (non-hydrogen) atoms. The number of H-pyrrole nitrogens is 1. The minimum absolute atomic E-state index is 0.0101. The van der Waals surface area contributed by atoms with Crippen molar-refractivity contribution in [3.05, 3.63) is 5.82 Å². The summed E-state index contributed by atoms with van der Waals surface area (Å²) in [5.74, 6) is 1.06. The smallest absolute Gasteiger partial charge is 0.239 e. The fourth-order valence-corrected chi connectivity index (χ4v) is 2.20. The van der Waals surface area contributed by atoms with E-state index >= 15 is 0 Å². The number of rotatable bonds is 7. The quantitative estimate of drug-likeness (QED) is 0.619. The second-order valence-corrected chi connectivity index (χ2v) is 4.83. The fourth-order valence-electron chi connectivity index (χ4n) is 2.20. The van der Waals surface area contributed by atoms with Gasteiger partial charge in [-0.15, -0.1) is 5.10 Å². The Morgan fingerprint density at radius 2 is 2.35 bits per heavy atom. The van der Waals surface area contributed by atoms with Gasteiger partial charge in [-0.2, -0.15) is 4.98 Å². The first-order valence-corrected chi connectivity index (χ1v) is 6.86. The van der Waals surface area contributed by atoms with E-state index in [0.29, 0.717) is 44.6 Å². The highest BCUT2D eigenvalue weighted by Crippen LogP contribution is 2.10. The summed E-state index contributed by atoms with van der Waals surface area (Å²) in [5, 5.41) is 9.20. The Morgan fingerprint density at radius 1 is 1.50 bits per heavy atom. The molecule has 4 N–H and O–H groups in total. The molecule has 0 unspecified atom stereocenters. The third-order valence-corrected chi connectivity index (χ3v) is 3.24. The zero-order valence-electron chi connectivity index (χ0n) is 11.4. The van der Waals surface area contributed by atoms with Crippen LogP contribution in [0.15, 0.2) is 0 Å². The number of hydrogen-bond donors (Lipinski definition) is 3. The summed E-state index contributed by atoms with van der Waals surface area (Å²) < 4.78 is 0. The van der Waals surface area contributed by atoms with Crippen LogP contribution < -0.4 is 11.1 Å². The van der Waals surface area contributed by atoms with Gasteiger partial charge in [-0.3, -0.25) is 14.7 Å². The van der Waals surface area contributed by atoms with Gasteiger partial charge in [-0.05, 0) is 12.8 Å². The summed E-state index contributed by atoms with van der Waals surface area (Å²) in [6.45, 7) is 1.99. The summed E-state index contributed by atoms with van der Waals surface area (Å²) in [4.78, 5) is 28.8. The first-order chi connectivity index (χ1) is 9.65. The number of aromatic nitrogens is 3. The molecule has 1 aliphatic heterocycles. The Balaban J connectivity index is 1.55. The summed E-state index contributed by atoms with van der Waals surface area (Å²) in [5.41, 5.74) is 5.37. The van der Waals surface area contributed by atoms with Crippen LogP contribution in [0.3, 0.4) is 0 Å². The molecule has 2 heterocycles. The van der Waals surface area contributed by atoms with E-state index in [1.165, 1.54) is 0 Å². The molecule has 0 spiro atoms. The lowest BCUT2D eigenvalue weighted by Gasteiger charge is -2.14. The fraction of sp³-hybridized carbons (Fsp3) is 0.667. The van der Waals surface area contributed by atoms with Crippen LogP contribution in [0.25, 0.3) is 0 Å². The molecule has 0 aromatic carbocycles. The maximum Gasteiger partial charge on any atom is 0.239 e. The molecule has 0 bridgehead atoms. The van der Waals surface area contributed by atoms with Gasteiger partial charge in [0, 0.05) is 38.9 Å². The van der Waals surface area contributed by atoms with Crippen molar-refractivity contribution in [1.29, 1.82) is 0 Å². The van der Waals surface area contributed by atoms with Gasteiger partial charge in [0.25, 0.3) is 0 Å². The highest BCUT2D eigenvalue weighted by molar-refractivity contribution is 5.78. The molecule has 0 radical (unpaired) electrons. The summed E-state index contributed by atoms with van der Waals surface area (Å²) in [6, 6.07) is 0. The molecule has 1 aromatic heterocycles. The molecule has 1 fully saturated rings. The Labute approximate surface area is 117 Å². The van der Waals surface area contributed by atoms with Gasteiger partial charge in [0.1, 0.15) is 5.82 Å². The van der Waals surface area contributed by atoms with Crippen LogP contribution in [-0.4, -0.2) is 51.5 Å². The third-order valence-electron chi connectivity index (χ3n) is 3.24. The van der Waals surface area contributed by atoms with Crippen LogP contribution in [0.1, 0.15) is 31.5 Å². The van der Waals surface area contributed by atoms with E-state index in [1.54, 1.807) is 0 Å². The molecule has 2 amide bonds. The van der Waals surface area contributed by atoms with Crippen molar-refractivity contribution in [3.8, 4) is 0 Å². The first kappa shape index (κ1) is 14.3. The number of nitrogens with zero attached hydrogens (tertiary/aromatic N) is 3. The number of carbonyl (C=O) groups is 2. The number of nitrogens with one attached hydrogen (secondary N) is 2. The zero-order chi connectivity index (χ0) is 14.4. The minimum Gasteiger partial charge on any atom is -0.367 e. The van der Waals surface area contributed by atoms with Crippen molar-refractivity contribution in [1.82, 2.24) is 25.4 Å². The first-order valence-electron chi connectivity index (χ1n) is 6.86. The van der Waals surface area contributed by atoms with Gasteiger partial charge in [-0.25, -0.2) is 0 Å². The maximum absolute atomic E-state index is 11.6. The second kappa shape index (κ2) is 6.88. The van der Waals surface area contributed by atoms with E-state index in [-0.39, 0.29) is 17.8 Å². The number of carbonyl (C=O) groups excluding carboxylic acids is 2. The number of aromatic amines is 1. The largest absolute Gasteiger partial charge is 0.367 e. The summed E-state index contributed by atoms with van der Waals surface area (Å²) >= 11 is 0. The topological polar surface area (TPSA) is 117 Å². The monoisotopic (exact) mass is 280 g/mol. The number of anilines is 1. The van der Waals surface area contributed by atoms with Crippen LogP contribution in [-0.2, 0) is 16.0 Å². The van der Waals surface area contributed by atoms with E-state index in [4.69, 9.17) is 5.73 Å². The predicted molar refractivity (Wildman–Crippen MR) is 72.6 cm³/mol. The second-order valence-electron chi connectivity index (χ2n) is 4.83. The number of nitrogens with two attached hydrogens (primary N) is 1. The SMILES string of the molecule is Nc1n[nH]c(CCNC(=O)CCCN2CCCC2=O)n1. The lowest BCUT2D eigenvalue weighted by Crippen LogP contribution is -2.29. The average Bonchev–Trinajstić information content (AvgIpc) is 2.99. The molecule has 0 aliphatic carbocycles. The molecule has 110 valence electrons. The van der Waals surface area contributed by atoms with Crippen molar-refractivity contribution in [3.63, 3.8) is 0 Å². The maximum atomic E-state index is 11.6. The lowest BCUT2D eigenvalue weighted by atomic mass is 10.2. The standard InChI is InChI=1S/C12H20N6O2/c13-12-15-9(16-17-12)5-6-14-10(19)3-1-7-18-8-2-4-11(18)20/h1-8H2,(H,14,19)(H3,13,15,16,17). The van der Waals surface area contributed by atoms with Gasteiger partial charge < -0.3 is 16.0 Å². The van der Waals surface area contributed by atoms with Gasteiger partial charge in [0.05, 0.1) is 0 Å². The van der Waals surface area contributed by atoms with Gasteiger partial charge in [0.2, 0.25) is 17.8 Å². The van der Waals surface area contributed by atoms with Gasteiger partial charge in [0.15, 0.2) is 0 Å². The Kier molecular flexibility index (Phi) is 4.91. The third kappa shape index (κ3) is 4.22. The molecule has 0 atom stereocenters. The van der Waals surface area contributed by atoms with Gasteiger partial charge >= 0.3 is 0 Å². The molecule has 0 saturated carbocycles. The molecular weight excluding hydrogens is 260 g/mol. The Morgan fingerprint density at radius 3 is 3.00 bits per heavy atom. The highest BCUT2D eigenvalue weighted by Gasteiger charge is 2.19. The van der Waals surface area contributed by atoms with Crippen LogP contribution >= 0.6 is 0 Å². The molecule has 8 nitrogen and oxygen atoms in total. The van der Waals surface area contributed by atoms with Crippen LogP contribution in [0.5, 0.6) is 0 Å². The predicted octanol–water partition coefficient (Wildman–Crippen LogP) is -0.552. The number of likely N-dealkylation sites (tertiary alicyclic amines) is 1. The van der Waals surface area contributed by atoms with Crippen molar-refractivity contribution in [2.24, 2.45) is 0 Å². The van der Waals surface area contributed by atoms with E-state index in [1.807, 2.05) is 4.90 Å². The van der Waals surface area contributed by atoms with E-state index in [2.05, 4.69) is 20.5 Å². The number of nitrogen functional groups attached to an aromatic ring is 1. The van der Waals surface area contributed by atoms with Crippen LogP contribution in [0, 0.1) is 0 Å². The molecular formula is C12H20N6O2. The zero-order valence-corrected chi connectivity index (χ0v) is 11.4. The molecule has 1 saturated heterocycles. The molecule has 8 heteroatoms. The lowest BCUT2D eigenvalue weighted by molar-refractivity contribution is -0.128. The van der Waals surface area contributed by atoms with Crippen LogP contribution in [0.4, 0.5) is 5.95 Å². The van der Waals surface area contributed by atoms with Crippen molar-refractivity contribution < 1.29 is 9.59 Å². The molecule has 1 aromatic rings. The minimum atomic E-state index is -0.0101. The summed E-state index contributed by atoms with van der Waals surface area (Å²) in [7, 11) is 0. The number of hydrogen-bond acceptors (Lipinski definition) is 5. The van der Waals surface area contributed by atoms with Crippen molar-refractivity contribution in [2.75, 3.05) is 25.4 Å².